The Morgan fingerprint density at radius 1 is 0.966 bits per heavy atom. The Bertz CT molecular complexity index is 1020. The predicted molar refractivity (Wildman–Crippen MR) is 110 cm³/mol. The van der Waals surface area contributed by atoms with Crippen LogP contribution in [0.5, 0.6) is 11.5 Å². The summed E-state index contributed by atoms with van der Waals surface area (Å²) in [5.74, 6) is -0.503. The number of rotatable bonds is 6. The molecule has 0 aliphatic heterocycles. The first-order chi connectivity index (χ1) is 14.0. The first-order valence-electron chi connectivity index (χ1n) is 8.66. The highest BCUT2D eigenvalue weighted by Crippen LogP contribution is 2.27. The summed E-state index contributed by atoms with van der Waals surface area (Å²) in [7, 11) is 1.47. The maximum atomic E-state index is 12.2. The lowest BCUT2D eigenvalue weighted by molar-refractivity contribution is -0.119. The van der Waals surface area contributed by atoms with Crippen LogP contribution in [0.3, 0.4) is 0 Å². The molecular formula is C22H18ClNO5. The minimum Gasteiger partial charge on any atom is -0.508 e. The van der Waals surface area contributed by atoms with E-state index >= 15 is 0 Å². The number of hydrogen-bond donors (Lipinski definition) is 2. The molecule has 148 valence electrons. The number of carbonyl (C=O) groups is 2. The molecule has 3 rings (SSSR count). The van der Waals surface area contributed by atoms with Crippen molar-refractivity contribution in [3.05, 3.63) is 77.3 Å². The maximum absolute atomic E-state index is 12.2. The molecule has 0 spiro atoms. The van der Waals surface area contributed by atoms with E-state index in [1.165, 1.54) is 7.11 Å². The van der Waals surface area contributed by atoms with Crippen LogP contribution in [0.15, 0.2) is 66.7 Å². The van der Waals surface area contributed by atoms with Crippen molar-refractivity contribution in [3.63, 3.8) is 0 Å². The number of benzene rings is 3. The van der Waals surface area contributed by atoms with Crippen molar-refractivity contribution in [1.29, 1.82) is 0 Å². The van der Waals surface area contributed by atoms with Crippen LogP contribution in [0, 0.1) is 0 Å². The summed E-state index contributed by atoms with van der Waals surface area (Å²) < 4.78 is 10.2. The van der Waals surface area contributed by atoms with Crippen LogP contribution < -0.4 is 10.1 Å². The number of esters is 1. The number of anilines is 1. The van der Waals surface area contributed by atoms with E-state index in [4.69, 9.17) is 21.1 Å². The van der Waals surface area contributed by atoms with Crippen molar-refractivity contribution in [2.75, 3.05) is 19.0 Å². The minimum atomic E-state index is -0.615. The van der Waals surface area contributed by atoms with Gasteiger partial charge in [0, 0.05) is 5.02 Å². The number of ether oxygens (including phenoxy) is 2. The molecule has 0 atom stereocenters. The molecule has 6 nitrogen and oxygen atoms in total. The number of halogens is 1. The maximum Gasteiger partial charge on any atom is 0.338 e. The lowest BCUT2D eigenvalue weighted by Gasteiger charge is -2.11. The second-order valence-electron chi connectivity index (χ2n) is 6.09. The fraction of sp³-hybridized carbons (Fsp3) is 0.0909. The van der Waals surface area contributed by atoms with Crippen LogP contribution >= 0.6 is 11.6 Å². The molecule has 0 aliphatic rings. The van der Waals surface area contributed by atoms with Crippen LogP contribution in [0.2, 0.25) is 5.02 Å². The molecular weight excluding hydrogens is 394 g/mol. The van der Waals surface area contributed by atoms with Gasteiger partial charge in [0.1, 0.15) is 11.5 Å². The highest BCUT2D eigenvalue weighted by Gasteiger charge is 2.13. The van der Waals surface area contributed by atoms with Crippen molar-refractivity contribution in [2.24, 2.45) is 0 Å². The first kappa shape index (κ1) is 20.2. The van der Waals surface area contributed by atoms with Gasteiger partial charge in [-0.25, -0.2) is 4.79 Å². The summed E-state index contributed by atoms with van der Waals surface area (Å²) in [4.78, 5) is 24.3. The quantitative estimate of drug-likeness (QED) is 0.582. The highest BCUT2D eigenvalue weighted by atomic mass is 35.5. The summed E-state index contributed by atoms with van der Waals surface area (Å²) >= 11 is 5.92. The molecule has 0 radical (unpaired) electrons. The van der Waals surface area contributed by atoms with E-state index in [0.717, 1.165) is 11.1 Å². The summed E-state index contributed by atoms with van der Waals surface area (Å²) in [6.45, 7) is -0.450. The van der Waals surface area contributed by atoms with E-state index in [1.807, 2.05) is 0 Å². The van der Waals surface area contributed by atoms with Gasteiger partial charge in [0.05, 0.1) is 18.4 Å². The Kier molecular flexibility index (Phi) is 6.36. The molecule has 0 heterocycles. The van der Waals surface area contributed by atoms with Gasteiger partial charge in [-0.1, -0.05) is 35.9 Å². The number of hydrogen-bond acceptors (Lipinski definition) is 5. The Morgan fingerprint density at radius 3 is 2.21 bits per heavy atom. The average molecular weight is 412 g/mol. The van der Waals surface area contributed by atoms with E-state index in [2.05, 4.69) is 5.32 Å². The second-order valence-corrected chi connectivity index (χ2v) is 6.53. The van der Waals surface area contributed by atoms with Crippen molar-refractivity contribution < 1.29 is 24.2 Å². The third-order valence-electron chi connectivity index (χ3n) is 4.09. The largest absolute Gasteiger partial charge is 0.508 e. The van der Waals surface area contributed by atoms with Crippen molar-refractivity contribution in [3.8, 4) is 22.6 Å². The molecule has 0 bridgehead atoms. The molecule has 0 aliphatic carbocycles. The monoisotopic (exact) mass is 411 g/mol. The van der Waals surface area contributed by atoms with Gasteiger partial charge in [-0.15, -0.1) is 0 Å². The number of nitrogens with one attached hydrogen (secondary N) is 1. The van der Waals surface area contributed by atoms with Crippen LogP contribution in [0.1, 0.15) is 10.4 Å². The molecule has 3 aromatic carbocycles. The van der Waals surface area contributed by atoms with E-state index in [0.29, 0.717) is 22.0 Å². The molecule has 0 saturated carbocycles. The summed E-state index contributed by atoms with van der Waals surface area (Å²) in [6.07, 6.45) is 0. The fourth-order valence-electron chi connectivity index (χ4n) is 2.63. The Hall–Kier alpha value is -3.51. The number of methoxy groups -OCH3 is 1. The minimum absolute atomic E-state index is 0.183. The molecule has 29 heavy (non-hydrogen) atoms. The number of amides is 1. The van der Waals surface area contributed by atoms with Crippen LogP contribution in [0.25, 0.3) is 11.1 Å². The van der Waals surface area contributed by atoms with Crippen molar-refractivity contribution >= 4 is 29.2 Å². The number of carbonyl (C=O) groups excluding carboxylic acids is 2. The standard InChI is InChI=1S/C22H18ClNO5/c1-28-20-11-8-17(23)12-19(20)24-21(26)13-29-22(27)16-4-2-14(3-5-16)15-6-9-18(25)10-7-15/h2-12,25H,13H2,1H3,(H,24,26). The average Bonchev–Trinajstić information content (AvgIpc) is 2.73. The summed E-state index contributed by atoms with van der Waals surface area (Å²) in [5, 5.41) is 12.4. The van der Waals surface area contributed by atoms with Gasteiger partial charge in [0.2, 0.25) is 0 Å². The van der Waals surface area contributed by atoms with Gasteiger partial charge in [0.25, 0.3) is 5.91 Å². The summed E-state index contributed by atoms with van der Waals surface area (Å²) in [6, 6.07) is 18.3. The smallest absolute Gasteiger partial charge is 0.338 e. The lowest BCUT2D eigenvalue weighted by Crippen LogP contribution is -2.21. The highest BCUT2D eigenvalue weighted by molar-refractivity contribution is 6.31. The van der Waals surface area contributed by atoms with Gasteiger partial charge in [-0.2, -0.15) is 0 Å². The zero-order chi connectivity index (χ0) is 20.8. The molecule has 7 heteroatoms. The molecule has 0 saturated heterocycles. The second kappa shape index (κ2) is 9.12. The van der Waals surface area contributed by atoms with E-state index in [9.17, 15) is 14.7 Å². The Balaban J connectivity index is 1.58. The SMILES string of the molecule is COc1ccc(Cl)cc1NC(=O)COC(=O)c1ccc(-c2ccc(O)cc2)cc1. The van der Waals surface area contributed by atoms with Crippen LogP contribution in [0.4, 0.5) is 5.69 Å². The molecule has 0 fully saturated rings. The van der Waals surface area contributed by atoms with Gasteiger partial charge in [-0.05, 0) is 53.6 Å². The molecule has 3 aromatic rings. The van der Waals surface area contributed by atoms with E-state index < -0.39 is 18.5 Å². The predicted octanol–water partition coefficient (Wildman–Crippen LogP) is 4.52. The van der Waals surface area contributed by atoms with E-state index in [-0.39, 0.29) is 5.75 Å². The topological polar surface area (TPSA) is 84.9 Å². The number of phenolic OH excluding ortho intramolecular Hbond substituents is 1. The van der Waals surface area contributed by atoms with E-state index in [1.54, 1.807) is 66.7 Å². The summed E-state index contributed by atoms with van der Waals surface area (Å²) in [5.41, 5.74) is 2.49. The molecule has 0 aromatic heterocycles. The third-order valence-corrected chi connectivity index (χ3v) is 4.33. The molecule has 2 N–H and O–H groups in total. The fourth-order valence-corrected chi connectivity index (χ4v) is 2.80. The van der Waals surface area contributed by atoms with Crippen molar-refractivity contribution in [2.45, 2.75) is 0 Å². The van der Waals surface area contributed by atoms with Crippen LogP contribution in [-0.4, -0.2) is 30.7 Å². The van der Waals surface area contributed by atoms with Gasteiger partial charge in [-0.3, -0.25) is 4.79 Å². The third kappa shape index (κ3) is 5.27. The Labute approximate surface area is 172 Å². The van der Waals surface area contributed by atoms with Crippen molar-refractivity contribution in [1.82, 2.24) is 0 Å². The van der Waals surface area contributed by atoms with Gasteiger partial charge < -0.3 is 19.9 Å². The lowest BCUT2D eigenvalue weighted by atomic mass is 10.0. The normalized spacial score (nSPS) is 10.3. The zero-order valence-corrected chi connectivity index (χ0v) is 16.3. The number of aromatic hydroxyl groups is 1. The first-order valence-corrected chi connectivity index (χ1v) is 9.04. The number of phenols is 1. The molecule has 0 unspecified atom stereocenters. The van der Waals surface area contributed by atoms with Gasteiger partial charge >= 0.3 is 5.97 Å². The van der Waals surface area contributed by atoms with Gasteiger partial charge in [0.15, 0.2) is 6.61 Å². The zero-order valence-electron chi connectivity index (χ0n) is 15.5. The Morgan fingerprint density at radius 2 is 1.59 bits per heavy atom. The molecule has 1 amide bonds. The van der Waals surface area contributed by atoms with Crippen LogP contribution in [-0.2, 0) is 9.53 Å².